The third-order valence-electron chi connectivity index (χ3n) is 11.1. The molecule has 0 spiro atoms. The van der Waals surface area contributed by atoms with Gasteiger partial charge in [0.15, 0.2) is 0 Å². The van der Waals surface area contributed by atoms with Crippen LogP contribution in [0.4, 0.5) is 0 Å². The van der Waals surface area contributed by atoms with Crippen molar-refractivity contribution < 1.29 is 0 Å². The fourth-order valence-electron chi connectivity index (χ4n) is 6.85. The smallest absolute Gasteiger partial charge is 0.0204 e. The molecular weight excluding hydrogens is 645 g/mol. The maximum atomic E-state index is 3.25. The first-order valence-electron chi connectivity index (χ1n) is 20.8. The number of hydrogen-bond acceptors (Lipinski definition) is 10. The molecule has 5 fully saturated rings. The number of piperidine rings is 1. The van der Waals surface area contributed by atoms with Crippen LogP contribution in [0, 0.1) is 17.8 Å². The van der Waals surface area contributed by atoms with Gasteiger partial charge in [0.05, 0.1) is 0 Å². The first-order valence-corrected chi connectivity index (χ1v) is 20.8. The zero-order valence-corrected chi connectivity index (χ0v) is 37.2. The Bertz CT molecular complexity index is 870. The molecule has 0 amide bonds. The molecule has 5 saturated heterocycles. The average molecular weight is 735 g/mol. The van der Waals surface area contributed by atoms with Crippen LogP contribution < -0.4 is 10.7 Å². The van der Waals surface area contributed by atoms with E-state index in [1.165, 1.54) is 123 Å². The predicted octanol–water partition coefficient (Wildman–Crippen LogP) is 3.91. The summed E-state index contributed by atoms with van der Waals surface area (Å²) in [5.74, 6) is 2.86. The predicted molar refractivity (Wildman–Crippen MR) is 229 cm³/mol. The number of rotatable bonds is 2. The molecule has 1 unspecified atom stereocenters. The highest BCUT2D eigenvalue weighted by Gasteiger charge is 2.20. The lowest BCUT2D eigenvalue weighted by Crippen LogP contribution is -2.51. The summed E-state index contributed by atoms with van der Waals surface area (Å²) >= 11 is 0. The van der Waals surface area contributed by atoms with Gasteiger partial charge in [-0.3, -0.25) is 10.3 Å². The molecule has 2 N–H and O–H groups in total. The van der Waals surface area contributed by atoms with E-state index in [0.717, 1.165) is 36.9 Å². The Kier molecular flexibility index (Phi) is 26.9. The van der Waals surface area contributed by atoms with Crippen LogP contribution in [0.5, 0.6) is 0 Å². The number of piperazine rings is 1. The lowest BCUT2D eigenvalue weighted by atomic mass is 10.00. The monoisotopic (exact) mass is 735 g/mol. The largest absolute Gasteiger partial charge is 0.316 e. The lowest BCUT2D eigenvalue weighted by Gasteiger charge is -2.35. The number of likely N-dealkylation sites (tertiary alicyclic amines) is 3. The van der Waals surface area contributed by atoms with Crippen molar-refractivity contribution in [2.24, 2.45) is 17.8 Å². The summed E-state index contributed by atoms with van der Waals surface area (Å²) in [5, 5.41) is 5.45. The van der Waals surface area contributed by atoms with Crippen molar-refractivity contribution >= 4 is 0 Å². The summed E-state index contributed by atoms with van der Waals surface area (Å²) in [7, 11) is 19.1. The highest BCUT2D eigenvalue weighted by Crippen LogP contribution is 2.14. The van der Waals surface area contributed by atoms with Crippen molar-refractivity contribution in [2.45, 2.75) is 66.3 Å². The Morgan fingerprint density at radius 2 is 0.962 bits per heavy atom. The number of nitrogens with one attached hydrogen (secondary N) is 2. The van der Waals surface area contributed by atoms with E-state index in [0.29, 0.717) is 0 Å². The van der Waals surface area contributed by atoms with Crippen molar-refractivity contribution in [3.05, 3.63) is 23.3 Å². The molecule has 0 radical (unpaired) electrons. The Morgan fingerprint density at radius 3 is 1.19 bits per heavy atom. The Balaban J connectivity index is 0.000000304. The number of hydrogen-bond donors (Lipinski definition) is 2. The van der Waals surface area contributed by atoms with Crippen molar-refractivity contribution in [3.8, 4) is 0 Å². The van der Waals surface area contributed by atoms with Crippen LogP contribution in [-0.2, 0) is 0 Å². The van der Waals surface area contributed by atoms with Crippen LogP contribution in [0.1, 0.15) is 60.3 Å². The fourth-order valence-corrected chi connectivity index (χ4v) is 6.85. The standard InChI is InChI=1S/C7H15N.C7H13N.2C6H14N2.C6H11N.C5H12N2.C5H11N/c3*1-7-3-5-8(2)6-4-7;1-7-6-3-4-8(2)5-6;1-6-3-4-7(2)5-6;1-5-3-7(4-5)6-2;1-5-3-6(2)4-5/h7H,3-6H2,1-2H3;3H,4-6H2,1-2H3;3-6H2,1-2H3;6-7H,3-5H2,1-2H3;3H,4-5H2,1-2H3;5-6H,3-4H2,1-2H3;5H,3-4H2,1-2H3. The van der Waals surface area contributed by atoms with Crippen LogP contribution in [0.15, 0.2) is 23.3 Å². The molecule has 0 saturated carbocycles. The van der Waals surface area contributed by atoms with E-state index in [-0.39, 0.29) is 0 Å². The molecule has 1 atom stereocenters. The van der Waals surface area contributed by atoms with Crippen LogP contribution in [0.3, 0.4) is 0 Å². The van der Waals surface area contributed by atoms with Gasteiger partial charge in [0.2, 0.25) is 0 Å². The zero-order valence-electron chi connectivity index (χ0n) is 37.2. The normalized spacial score (nSPS) is 26.0. The molecule has 52 heavy (non-hydrogen) atoms. The van der Waals surface area contributed by atoms with Gasteiger partial charge in [-0.2, -0.15) is 0 Å². The molecule has 0 bridgehead atoms. The summed E-state index contributed by atoms with van der Waals surface area (Å²) in [4.78, 5) is 16.4. The van der Waals surface area contributed by atoms with Crippen LogP contribution in [-0.4, -0.2) is 213 Å². The highest BCUT2D eigenvalue weighted by molar-refractivity contribution is 5.07. The first-order chi connectivity index (χ1) is 24.6. The summed E-state index contributed by atoms with van der Waals surface area (Å²) in [6.07, 6.45) is 9.93. The van der Waals surface area contributed by atoms with E-state index < -0.39 is 0 Å². The van der Waals surface area contributed by atoms with E-state index in [4.69, 9.17) is 0 Å². The SMILES string of the molecule is CC1=CCN(C)C1.CC1=CCN(C)CC1.CC1CCN(C)CC1.CC1CN(C)C1.CN1CCN(C)CC1.CNC1CCN(C)C1.CNN1CC(C)C1. The average Bonchev–Trinajstić information content (AvgIpc) is 3.70. The first kappa shape index (κ1) is 49.1. The van der Waals surface area contributed by atoms with Crippen LogP contribution >= 0.6 is 0 Å². The zero-order chi connectivity index (χ0) is 39.1. The molecule has 10 nitrogen and oxygen atoms in total. The molecule has 308 valence electrons. The quantitative estimate of drug-likeness (QED) is 0.409. The van der Waals surface area contributed by atoms with Gasteiger partial charge in [0.25, 0.3) is 0 Å². The summed E-state index contributed by atoms with van der Waals surface area (Å²) in [5.41, 5.74) is 6.11. The minimum Gasteiger partial charge on any atom is -0.316 e. The van der Waals surface area contributed by atoms with Gasteiger partial charge >= 0.3 is 0 Å². The third-order valence-corrected chi connectivity index (χ3v) is 11.1. The summed E-state index contributed by atoms with van der Waals surface area (Å²) in [6, 6.07) is 0.750. The van der Waals surface area contributed by atoms with Gasteiger partial charge in [-0.25, -0.2) is 5.01 Å². The minimum atomic E-state index is 0.750. The van der Waals surface area contributed by atoms with E-state index in [1.54, 1.807) is 5.57 Å². The van der Waals surface area contributed by atoms with Gasteiger partial charge in [0, 0.05) is 91.1 Å². The molecule has 0 aromatic heterocycles. The number of hydrazine groups is 1. The third kappa shape index (κ3) is 25.2. The number of likely N-dealkylation sites (N-methyl/N-ethyl adjacent to an activating group) is 6. The van der Waals surface area contributed by atoms with E-state index >= 15 is 0 Å². The Hall–Kier alpha value is -0.920. The molecule has 7 aliphatic rings. The summed E-state index contributed by atoms with van der Waals surface area (Å²) in [6.45, 7) is 31.0. The molecule has 10 heteroatoms. The van der Waals surface area contributed by atoms with Gasteiger partial charge in [-0.1, -0.05) is 44.1 Å². The van der Waals surface area contributed by atoms with Gasteiger partial charge in [-0.15, -0.1) is 0 Å². The van der Waals surface area contributed by atoms with Crippen LogP contribution in [0.25, 0.3) is 0 Å². The van der Waals surface area contributed by atoms with Gasteiger partial charge < -0.3 is 34.7 Å². The topological polar surface area (TPSA) is 50.0 Å². The molecule has 0 aromatic rings. The van der Waals surface area contributed by atoms with E-state index in [9.17, 15) is 0 Å². The van der Waals surface area contributed by atoms with Crippen molar-refractivity contribution in [1.82, 2.24) is 50.1 Å². The van der Waals surface area contributed by atoms with E-state index in [1.807, 2.05) is 14.1 Å². The van der Waals surface area contributed by atoms with Crippen molar-refractivity contribution in [2.75, 3.05) is 168 Å². The Labute approximate surface area is 324 Å². The minimum absolute atomic E-state index is 0.750. The van der Waals surface area contributed by atoms with Gasteiger partial charge in [0.1, 0.15) is 0 Å². The second-order valence-electron chi connectivity index (χ2n) is 17.5. The molecular formula is C42H90N10. The molecule has 7 aliphatic heterocycles. The highest BCUT2D eigenvalue weighted by atomic mass is 15.5. The maximum Gasteiger partial charge on any atom is 0.0204 e. The molecule has 7 rings (SSSR count). The van der Waals surface area contributed by atoms with Crippen LogP contribution in [0.2, 0.25) is 0 Å². The second-order valence-corrected chi connectivity index (χ2v) is 17.5. The van der Waals surface area contributed by atoms with E-state index in [2.05, 4.69) is 146 Å². The molecule has 0 aliphatic carbocycles. The molecule has 0 aromatic carbocycles. The van der Waals surface area contributed by atoms with Crippen molar-refractivity contribution in [1.29, 1.82) is 0 Å². The maximum absolute atomic E-state index is 3.25. The van der Waals surface area contributed by atoms with Gasteiger partial charge in [-0.05, 0) is 140 Å². The molecule has 7 heterocycles. The lowest BCUT2D eigenvalue weighted by molar-refractivity contribution is 0.0653. The Morgan fingerprint density at radius 1 is 0.481 bits per heavy atom. The van der Waals surface area contributed by atoms with Crippen molar-refractivity contribution in [3.63, 3.8) is 0 Å². The fraction of sp³-hybridized carbons (Fsp3) is 0.905. The number of nitrogens with zero attached hydrogens (tertiary/aromatic N) is 8. The second kappa shape index (κ2) is 28.5. The summed E-state index contributed by atoms with van der Waals surface area (Å²) < 4.78 is 0.